The van der Waals surface area contributed by atoms with Crippen molar-refractivity contribution in [3.8, 4) is 0 Å². The van der Waals surface area contributed by atoms with E-state index in [1.807, 2.05) is 4.57 Å². The molecule has 1 amide bonds. The van der Waals surface area contributed by atoms with Crippen LogP contribution in [0.1, 0.15) is 38.5 Å². The van der Waals surface area contributed by atoms with E-state index in [1.54, 1.807) is 12.7 Å². The molecule has 2 heterocycles. The third kappa shape index (κ3) is 3.81. The summed E-state index contributed by atoms with van der Waals surface area (Å²) in [6.07, 6.45) is 10.8. The molecule has 1 aliphatic carbocycles. The summed E-state index contributed by atoms with van der Waals surface area (Å²) < 4.78 is 1.88. The van der Waals surface area contributed by atoms with Gasteiger partial charge < -0.3 is 14.8 Å². The van der Waals surface area contributed by atoms with Crippen molar-refractivity contribution < 1.29 is 4.79 Å². The first-order chi connectivity index (χ1) is 10.3. The summed E-state index contributed by atoms with van der Waals surface area (Å²) in [5, 5.41) is 10.5. The normalized spacial score (nSPS) is 21.7. The highest BCUT2D eigenvalue weighted by atomic mass is 16.1. The number of hydrogen-bond donors (Lipinski definition) is 1. The summed E-state index contributed by atoms with van der Waals surface area (Å²) in [4.78, 5) is 14.8. The monoisotopic (exact) mass is 291 g/mol. The second-order valence-corrected chi connectivity index (χ2v) is 6.24. The van der Waals surface area contributed by atoms with Gasteiger partial charge in [0.2, 0.25) is 5.91 Å². The Balaban J connectivity index is 1.36. The number of hydrogen-bond acceptors (Lipinski definition) is 4. The zero-order valence-corrected chi connectivity index (χ0v) is 12.6. The predicted molar refractivity (Wildman–Crippen MR) is 79.6 cm³/mol. The van der Waals surface area contributed by atoms with Crippen LogP contribution >= 0.6 is 0 Å². The third-order valence-corrected chi connectivity index (χ3v) is 4.88. The van der Waals surface area contributed by atoms with Gasteiger partial charge in [-0.3, -0.25) is 4.79 Å². The van der Waals surface area contributed by atoms with Gasteiger partial charge in [0.1, 0.15) is 12.7 Å². The van der Waals surface area contributed by atoms with Crippen LogP contribution in [0.3, 0.4) is 0 Å². The highest BCUT2D eigenvalue weighted by Crippen LogP contribution is 2.27. The molecule has 2 aliphatic rings. The Kier molecular flexibility index (Phi) is 4.85. The van der Waals surface area contributed by atoms with E-state index in [4.69, 9.17) is 0 Å². The average Bonchev–Trinajstić information content (AvgIpc) is 3.21. The highest BCUT2D eigenvalue weighted by molar-refractivity contribution is 5.78. The molecule has 1 aromatic rings. The Bertz CT molecular complexity index is 433. The van der Waals surface area contributed by atoms with E-state index in [9.17, 15) is 4.79 Å². The van der Waals surface area contributed by atoms with Crippen molar-refractivity contribution >= 4 is 5.91 Å². The van der Waals surface area contributed by atoms with Gasteiger partial charge in [-0.2, -0.15) is 0 Å². The molecule has 1 aromatic heterocycles. The minimum absolute atomic E-state index is 0.198. The van der Waals surface area contributed by atoms with Crippen molar-refractivity contribution in [1.82, 2.24) is 25.0 Å². The fraction of sp³-hybridized carbons (Fsp3) is 0.800. The highest BCUT2D eigenvalue weighted by Gasteiger charge is 2.29. The zero-order chi connectivity index (χ0) is 14.5. The molecule has 1 saturated heterocycles. The van der Waals surface area contributed by atoms with Gasteiger partial charge in [-0.25, -0.2) is 0 Å². The minimum Gasteiger partial charge on any atom is -0.354 e. The van der Waals surface area contributed by atoms with Crippen molar-refractivity contribution in [3.63, 3.8) is 0 Å². The lowest BCUT2D eigenvalue weighted by Gasteiger charge is -2.35. The molecular formula is C15H25N5O. The molecule has 0 atom stereocenters. The number of nitrogens with one attached hydrogen (secondary N) is 1. The van der Waals surface area contributed by atoms with E-state index >= 15 is 0 Å². The van der Waals surface area contributed by atoms with Crippen molar-refractivity contribution in [2.75, 3.05) is 19.6 Å². The largest absolute Gasteiger partial charge is 0.354 e. The second kappa shape index (κ2) is 7.02. The van der Waals surface area contributed by atoms with Crippen LogP contribution in [0.4, 0.5) is 0 Å². The van der Waals surface area contributed by atoms with Crippen LogP contribution in [0.5, 0.6) is 0 Å². The minimum atomic E-state index is 0.198. The number of likely N-dealkylation sites (tertiary alicyclic amines) is 1. The Labute approximate surface area is 125 Å². The van der Waals surface area contributed by atoms with Crippen LogP contribution in [0, 0.1) is 5.92 Å². The Morgan fingerprint density at radius 3 is 2.43 bits per heavy atom. The summed E-state index contributed by atoms with van der Waals surface area (Å²) >= 11 is 0. The van der Waals surface area contributed by atoms with Crippen LogP contribution in [0.15, 0.2) is 12.7 Å². The quantitative estimate of drug-likeness (QED) is 0.881. The van der Waals surface area contributed by atoms with E-state index in [1.165, 1.54) is 25.7 Å². The Morgan fingerprint density at radius 2 is 1.76 bits per heavy atom. The number of carbonyl (C=O) groups is 1. The molecule has 3 rings (SSSR count). The lowest BCUT2D eigenvalue weighted by atomic mass is 9.94. The standard InChI is InChI=1S/C15H25N5O/c21-15(16-7-10-19-11-17-18-12-19)13-5-8-20(9-6-13)14-3-1-2-4-14/h11-14H,1-10H2,(H,16,21). The lowest BCUT2D eigenvalue weighted by Crippen LogP contribution is -2.44. The van der Waals surface area contributed by atoms with Crippen molar-refractivity contribution in [2.24, 2.45) is 5.92 Å². The molecule has 6 heteroatoms. The van der Waals surface area contributed by atoms with E-state index in [0.717, 1.165) is 38.5 Å². The molecule has 6 nitrogen and oxygen atoms in total. The van der Waals surface area contributed by atoms with E-state index < -0.39 is 0 Å². The fourth-order valence-corrected chi connectivity index (χ4v) is 3.59. The number of carbonyl (C=O) groups excluding carboxylic acids is 1. The van der Waals surface area contributed by atoms with Gasteiger partial charge in [-0.1, -0.05) is 12.8 Å². The molecule has 1 aliphatic heterocycles. The molecule has 0 aromatic carbocycles. The van der Waals surface area contributed by atoms with Crippen LogP contribution in [0.2, 0.25) is 0 Å². The molecule has 1 saturated carbocycles. The molecule has 0 unspecified atom stereocenters. The molecule has 2 fully saturated rings. The fourth-order valence-electron chi connectivity index (χ4n) is 3.59. The van der Waals surface area contributed by atoms with Gasteiger partial charge in [0.05, 0.1) is 0 Å². The number of aromatic nitrogens is 3. The second-order valence-electron chi connectivity index (χ2n) is 6.24. The van der Waals surface area contributed by atoms with E-state index in [0.29, 0.717) is 6.54 Å². The summed E-state index contributed by atoms with van der Waals surface area (Å²) in [5.41, 5.74) is 0. The Morgan fingerprint density at radius 1 is 1.10 bits per heavy atom. The summed E-state index contributed by atoms with van der Waals surface area (Å²) in [5.74, 6) is 0.415. The van der Waals surface area contributed by atoms with E-state index in [2.05, 4.69) is 20.4 Å². The van der Waals surface area contributed by atoms with Gasteiger partial charge in [0, 0.05) is 25.0 Å². The zero-order valence-electron chi connectivity index (χ0n) is 12.6. The number of piperidine rings is 1. The SMILES string of the molecule is O=C(NCCn1cnnc1)C1CCN(C2CCCC2)CC1. The maximum atomic E-state index is 12.2. The van der Waals surface area contributed by atoms with Crippen LogP contribution < -0.4 is 5.32 Å². The molecule has 1 N–H and O–H groups in total. The molecule has 0 bridgehead atoms. The third-order valence-electron chi connectivity index (χ3n) is 4.88. The first-order valence-corrected chi connectivity index (χ1v) is 8.17. The van der Waals surface area contributed by atoms with Gasteiger partial charge in [0.25, 0.3) is 0 Å². The Hall–Kier alpha value is -1.43. The molecule has 0 spiro atoms. The van der Waals surface area contributed by atoms with Crippen molar-refractivity contribution in [1.29, 1.82) is 0 Å². The molecule has 0 radical (unpaired) electrons. The van der Waals surface area contributed by atoms with Crippen molar-refractivity contribution in [3.05, 3.63) is 12.7 Å². The van der Waals surface area contributed by atoms with Gasteiger partial charge in [0.15, 0.2) is 0 Å². The predicted octanol–water partition coefficient (Wildman–Crippen LogP) is 1.05. The maximum absolute atomic E-state index is 12.2. The summed E-state index contributed by atoms with van der Waals surface area (Å²) in [6, 6.07) is 0.794. The van der Waals surface area contributed by atoms with Crippen LogP contribution in [-0.2, 0) is 11.3 Å². The maximum Gasteiger partial charge on any atom is 0.223 e. The van der Waals surface area contributed by atoms with Gasteiger partial charge in [-0.15, -0.1) is 10.2 Å². The average molecular weight is 291 g/mol. The molecular weight excluding hydrogens is 266 g/mol. The molecule has 116 valence electrons. The van der Waals surface area contributed by atoms with Crippen LogP contribution in [-0.4, -0.2) is 51.2 Å². The first kappa shape index (κ1) is 14.5. The van der Waals surface area contributed by atoms with Gasteiger partial charge >= 0.3 is 0 Å². The number of rotatable bonds is 5. The first-order valence-electron chi connectivity index (χ1n) is 8.17. The van der Waals surface area contributed by atoms with Crippen molar-refractivity contribution in [2.45, 2.75) is 51.1 Å². The lowest BCUT2D eigenvalue weighted by molar-refractivity contribution is -0.126. The van der Waals surface area contributed by atoms with E-state index in [-0.39, 0.29) is 11.8 Å². The number of nitrogens with zero attached hydrogens (tertiary/aromatic N) is 4. The smallest absolute Gasteiger partial charge is 0.223 e. The summed E-state index contributed by atoms with van der Waals surface area (Å²) in [7, 11) is 0. The van der Waals surface area contributed by atoms with Gasteiger partial charge in [-0.05, 0) is 38.8 Å². The molecule has 21 heavy (non-hydrogen) atoms. The van der Waals surface area contributed by atoms with Crippen LogP contribution in [0.25, 0.3) is 0 Å². The summed E-state index contributed by atoms with van der Waals surface area (Å²) in [6.45, 7) is 3.57. The number of amides is 1. The topological polar surface area (TPSA) is 63.1 Å².